The van der Waals surface area contributed by atoms with Crippen molar-refractivity contribution in [1.29, 1.82) is 0 Å². The monoisotopic (exact) mass is 743 g/mol. The molecule has 51 heavy (non-hydrogen) atoms. The maximum Gasteiger partial charge on any atom is 0.287 e. The summed E-state index contributed by atoms with van der Waals surface area (Å²) in [6, 6.07) is 3.48. The molecule has 2 saturated heterocycles. The Morgan fingerprint density at radius 2 is 1.73 bits per heavy atom. The molecule has 1 aromatic carbocycles. The number of nitrogens with zero attached hydrogens (tertiary/aromatic N) is 5. The molecule has 0 spiro atoms. The van der Waals surface area contributed by atoms with E-state index < -0.39 is 62.5 Å². The van der Waals surface area contributed by atoms with Crippen molar-refractivity contribution in [2.75, 3.05) is 24.3 Å². The van der Waals surface area contributed by atoms with Crippen molar-refractivity contribution in [1.82, 2.24) is 25.2 Å². The van der Waals surface area contributed by atoms with Gasteiger partial charge in [-0.1, -0.05) is 37.3 Å². The number of aliphatic hydroxyl groups is 1. The Morgan fingerprint density at radius 1 is 1.08 bits per heavy atom. The summed E-state index contributed by atoms with van der Waals surface area (Å²) in [6.07, 6.45) is 7.69. The third-order valence-electron chi connectivity index (χ3n) is 9.98. The van der Waals surface area contributed by atoms with Crippen LogP contribution in [0.4, 0.5) is 0 Å². The topological polar surface area (TPSA) is 224 Å². The second kappa shape index (κ2) is 15.3. The number of rotatable bonds is 11. The van der Waals surface area contributed by atoms with Gasteiger partial charge in [0.25, 0.3) is 17.7 Å². The number of hydrogen-bond acceptors (Lipinski definition) is 11. The average molecular weight is 744 g/mol. The van der Waals surface area contributed by atoms with E-state index >= 15 is 0 Å². The molecule has 1 saturated carbocycles. The highest BCUT2D eigenvalue weighted by Gasteiger charge is 2.49. The van der Waals surface area contributed by atoms with Crippen molar-refractivity contribution < 1.29 is 37.5 Å². The summed E-state index contributed by atoms with van der Waals surface area (Å²) in [7, 11) is -3.51. The SMILES string of the molecule is CC(C)(O)c1cnnn1[C@H]1C[C@@H](C(=O)NC2(C(=O)C(N)=O)CCSCC2)N(C(=O)C(CC2CCCCC2)=NC(=O)c2ccc(S(C)(=O)=O)cc2)C1. The van der Waals surface area contributed by atoms with Crippen LogP contribution in [0.3, 0.4) is 0 Å². The molecule has 0 bridgehead atoms. The zero-order valence-corrected chi connectivity index (χ0v) is 30.7. The van der Waals surface area contributed by atoms with E-state index in [0.29, 0.717) is 17.2 Å². The van der Waals surface area contributed by atoms with Crippen LogP contribution in [0.5, 0.6) is 0 Å². The lowest BCUT2D eigenvalue weighted by Crippen LogP contribution is -2.63. The van der Waals surface area contributed by atoms with Crippen LogP contribution in [-0.4, -0.2) is 104 Å². The Morgan fingerprint density at radius 3 is 2.31 bits per heavy atom. The highest BCUT2D eigenvalue weighted by atomic mass is 32.2. The second-order valence-electron chi connectivity index (χ2n) is 14.2. The van der Waals surface area contributed by atoms with Crippen molar-refractivity contribution in [3.8, 4) is 0 Å². The predicted molar refractivity (Wildman–Crippen MR) is 189 cm³/mol. The third-order valence-corrected chi connectivity index (χ3v) is 12.1. The maximum absolute atomic E-state index is 14.6. The number of nitrogens with one attached hydrogen (secondary N) is 1. The molecule has 17 heteroatoms. The normalized spacial score (nSPS) is 21.6. The number of sulfone groups is 1. The van der Waals surface area contributed by atoms with Crippen LogP contribution < -0.4 is 11.1 Å². The molecule has 2 aromatic rings. The zero-order chi connectivity index (χ0) is 37.1. The number of aromatic nitrogens is 3. The molecule has 3 heterocycles. The van der Waals surface area contributed by atoms with Gasteiger partial charge >= 0.3 is 0 Å². The summed E-state index contributed by atoms with van der Waals surface area (Å²) in [5.74, 6) is -3.04. The molecule has 4 N–H and O–H groups in total. The molecule has 1 aromatic heterocycles. The lowest BCUT2D eigenvalue weighted by molar-refractivity contribution is -0.143. The first-order valence-corrected chi connectivity index (χ1v) is 20.1. The third kappa shape index (κ3) is 8.75. The van der Waals surface area contributed by atoms with Crippen LogP contribution in [0.25, 0.3) is 0 Å². The smallest absolute Gasteiger partial charge is 0.287 e. The molecule has 15 nitrogen and oxygen atoms in total. The van der Waals surface area contributed by atoms with E-state index in [1.165, 1.54) is 40.0 Å². The molecule has 0 radical (unpaired) electrons. The second-order valence-corrected chi connectivity index (χ2v) is 17.5. The van der Waals surface area contributed by atoms with E-state index in [4.69, 9.17) is 5.73 Å². The first kappa shape index (κ1) is 38.3. The van der Waals surface area contributed by atoms with E-state index in [2.05, 4.69) is 20.6 Å². The van der Waals surface area contributed by atoms with E-state index in [-0.39, 0.29) is 54.3 Å². The zero-order valence-electron chi connectivity index (χ0n) is 29.0. The van der Waals surface area contributed by atoms with Gasteiger partial charge in [-0.25, -0.2) is 18.1 Å². The first-order chi connectivity index (χ1) is 24.0. The number of benzene rings is 1. The van der Waals surface area contributed by atoms with Crippen LogP contribution in [0.2, 0.25) is 0 Å². The van der Waals surface area contributed by atoms with Crippen molar-refractivity contribution >= 4 is 56.7 Å². The molecular formula is C34H45N7O8S2. The standard InChI is InChI=1S/C34H45N7O8S2/c1-33(2,47)27-19-36-39-41(27)23-18-26(31(45)38-34(28(42)29(35)43)13-15-50-16-14-34)40(20-23)32(46)25(17-21-7-5-4-6-8-21)37-30(44)22-9-11-24(12-10-22)51(3,48)49/h9-12,19,21,23,26,47H,4-8,13-18,20H2,1-3H3,(H2,35,43)(H,38,45)/t23-,26-/m0/s1. The van der Waals surface area contributed by atoms with Gasteiger partial charge in [-0.05, 0) is 74.8 Å². The molecule has 0 unspecified atom stereocenters. The Kier molecular flexibility index (Phi) is 11.5. The fourth-order valence-electron chi connectivity index (χ4n) is 7.14. The summed E-state index contributed by atoms with van der Waals surface area (Å²) in [6.45, 7) is 3.07. The number of hydrogen-bond donors (Lipinski definition) is 3. The molecule has 3 aliphatic rings. The number of amides is 4. The molecule has 4 amide bonds. The number of carbonyl (C=O) groups is 5. The summed E-state index contributed by atoms with van der Waals surface area (Å²) in [4.78, 5) is 73.3. The average Bonchev–Trinajstić information content (AvgIpc) is 3.76. The van der Waals surface area contributed by atoms with Crippen molar-refractivity contribution in [2.24, 2.45) is 16.6 Å². The van der Waals surface area contributed by atoms with Crippen LogP contribution in [0.15, 0.2) is 40.4 Å². The van der Waals surface area contributed by atoms with Gasteiger partial charge in [0.05, 0.1) is 22.8 Å². The molecular weight excluding hydrogens is 699 g/mol. The summed E-state index contributed by atoms with van der Waals surface area (Å²) in [5, 5.41) is 21.8. The molecule has 2 aliphatic heterocycles. The van der Waals surface area contributed by atoms with Gasteiger partial charge in [-0.15, -0.1) is 5.10 Å². The number of primary amides is 1. The lowest BCUT2D eigenvalue weighted by Gasteiger charge is -2.37. The summed E-state index contributed by atoms with van der Waals surface area (Å²) < 4.78 is 25.4. The van der Waals surface area contributed by atoms with Gasteiger partial charge in [-0.2, -0.15) is 11.8 Å². The van der Waals surface area contributed by atoms with Crippen LogP contribution in [0.1, 0.15) is 93.7 Å². The Hall–Kier alpha value is -3.96. The Labute approximate surface area is 301 Å². The van der Waals surface area contributed by atoms with Gasteiger partial charge < -0.3 is 21.1 Å². The quantitative estimate of drug-likeness (QED) is 0.222. The van der Waals surface area contributed by atoms with Crippen molar-refractivity contribution in [3.05, 3.63) is 41.7 Å². The number of ketones is 1. The van der Waals surface area contributed by atoms with Gasteiger partial charge in [-0.3, -0.25) is 24.0 Å². The molecule has 2 atom stereocenters. The van der Waals surface area contributed by atoms with E-state index in [0.717, 1.165) is 38.4 Å². The Bertz CT molecular complexity index is 1810. The summed E-state index contributed by atoms with van der Waals surface area (Å²) >= 11 is 1.58. The van der Waals surface area contributed by atoms with Crippen LogP contribution >= 0.6 is 11.8 Å². The minimum absolute atomic E-state index is 0.0250. The number of nitrogens with two attached hydrogens (primary N) is 1. The fourth-order valence-corrected chi connectivity index (χ4v) is 8.96. The molecule has 5 rings (SSSR count). The largest absolute Gasteiger partial charge is 0.384 e. The van der Waals surface area contributed by atoms with E-state index in [1.54, 1.807) is 25.6 Å². The van der Waals surface area contributed by atoms with Crippen molar-refractivity contribution in [2.45, 2.75) is 99.8 Å². The number of carbonyl (C=O) groups excluding carboxylic acids is 5. The lowest BCUT2D eigenvalue weighted by atomic mass is 9.85. The van der Waals surface area contributed by atoms with Crippen LogP contribution in [-0.2, 0) is 34.6 Å². The number of aliphatic imine (C=N–C) groups is 1. The van der Waals surface area contributed by atoms with Gasteiger partial charge in [0.1, 0.15) is 22.9 Å². The molecule has 1 aliphatic carbocycles. The van der Waals surface area contributed by atoms with Crippen LogP contribution in [0, 0.1) is 5.92 Å². The summed E-state index contributed by atoms with van der Waals surface area (Å²) in [5.41, 5.74) is 2.93. The molecule has 3 fully saturated rings. The highest BCUT2D eigenvalue weighted by Crippen LogP contribution is 2.35. The van der Waals surface area contributed by atoms with Gasteiger partial charge in [0.15, 0.2) is 9.84 Å². The molecule has 276 valence electrons. The Balaban J connectivity index is 1.53. The highest BCUT2D eigenvalue weighted by molar-refractivity contribution is 7.99. The van der Waals surface area contributed by atoms with E-state index in [1.807, 2.05) is 0 Å². The van der Waals surface area contributed by atoms with Gasteiger partial charge in [0, 0.05) is 24.8 Å². The fraction of sp³-hybridized carbons (Fsp3) is 0.588. The predicted octanol–water partition coefficient (Wildman–Crippen LogP) is 1.74. The van der Waals surface area contributed by atoms with Gasteiger partial charge in [0.2, 0.25) is 11.7 Å². The number of thioether (sulfide) groups is 1. The first-order valence-electron chi connectivity index (χ1n) is 17.1. The van der Waals surface area contributed by atoms with Crippen molar-refractivity contribution in [3.63, 3.8) is 0 Å². The minimum Gasteiger partial charge on any atom is -0.384 e. The maximum atomic E-state index is 14.6. The number of Topliss-reactive ketones (excluding diaryl/α,β-unsaturated/α-hetero) is 1. The minimum atomic E-state index is -3.51. The van der Waals surface area contributed by atoms with E-state index in [9.17, 15) is 37.5 Å². The number of likely N-dealkylation sites (tertiary alicyclic amines) is 1.